The number of aliphatic hydroxyl groups excluding tert-OH is 7. The molecular formula is C46H84O15. The maximum atomic E-state index is 12.9. The summed E-state index contributed by atoms with van der Waals surface area (Å²) >= 11 is 0. The second-order valence-electron chi connectivity index (χ2n) is 16.9. The number of unbranched alkanes of at least 4 members (excludes halogenated alkanes) is 20. The molecule has 2 rings (SSSR count). The Hall–Kier alpha value is -1.76. The first-order valence-corrected chi connectivity index (χ1v) is 23.8. The van der Waals surface area contributed by atoms with Crippen molar-refractivity contribution in [3.8, 4) is 0 Å². The third-order valence-corrected chi connectivity index (χ3v) is 11.5. The van der Waals surface area contributed by atoms with Crippen LogP contribution >= 0.6 is 0 Å². The van der Waals surface area contributed by atoms with E-state index in [9.17, 15) is 45.3 Å². The van der Waals surface area contributed by atoms with E-state index >= 15 is 0 Å². The molecule has 2 aliphatic rings. The number of ether oxygens (including phenoxy) is 6. The molecule has 0 radical (unpaired) electrons. The average Bonchev–Trinajstić information content (AvgIpc) is 3.25. The molecule has 0 aromatic carbocycles. The van der Waals surface area contributed by atoms with Gasteiger partial charge in [-0.25, -0.2) is 0 Å². The molecular weight excluding hydrogens is 792 g/mol. The number of allylic oxidation sites excluding steroid dienone is 2. The summed E-state index contributed by atoms with van der Waals surface area (Å²) in [5.74, 6) is -0.931. The minimum Gasteiger partial charge on any atom is -0.462 e. The third-order valence-electron chi connectivity index (χ3n) is 11.5. The summed E-state index contributed by atoms with van der Waals surface area (Å²) in [6, 6.07) is 0. The van der Waals surface area contributed by atoms with Crippen molar-refractivity contribution in [3.63, 3.8) is 0 Å². The van der Waals surface area contributed by atoms with Gasteiger partial charge in [-0.05, 0) is 38.5 Å². The predicted molar refractivity (Wildman–Crippen MR) is 229 cm³/mol. The summed E-state index contributed by atoms with van der Waals surface area (Å²) in [6.07, 6.45) is 14.0. The van der Waals surface area contributed by atoms with Gasteiger partial charge in [-0.3, -0.25) is 9.59 Å². The molecule has 7 N–H and O–H groups in total. The molecule has 4 unspecified atom stereocenters. The zero-order valence-corrected chi connectivity index (χ0v) is 37.4. The van der Waals surface area contributed by atoms with E-state index in [1.54, 1.807) is 0 Å². The molecule has 0 aromatic rings. The first kappa shape index (κ1) is 55.4. The number of hydrogen-bond acceptors (Lipinski definition) is 15. The Kier molecular flexibility index (Phi) is 31.4. The first-order chi connectivity index (χ1) is 29.5. The third kappa shape index (κ3) is 23.7. The minimum absolute atomic E-state index is 0.159. The molecule has 2 saturated heterocycles. The fourth-order valence-corrected chi connectivity index (χ4v) is 7.50. The second kappa shape index (κ2) is 34.6. The Morgan fingerprint density at radius 1 is 0.508 bits per heavy atom. The molecule has 15 heteroatoms. The Morgan fingerprint density at radius 2 is 0.934 bits per heavy atom. The Morgan fingerprint density at radius 3 is 1.44 bits per heavy atom. The van der Waals surface area contributed by atoms with Gasteiger partial charge >= 0.3 is 11.9 Å². The molecule has 0 aromatic heterocycles. The highest BCUT2D eigenvalue weighted by Gasteiger charge is 2.47. The topological polar surface area (TPSA) is 231 Å². The van der Waals surface area contributed by atoms with E-state index in [2.05, 4.69) is 26.0 Å². The van der Waals surface area contributed by atoms with Crippen molar-refractivity contribution in [1.29, 1.82) is 0 Å². The monoisotopic (exact) mass is 877 g/mol. The van der Waals surface area contributed by atoms with Crippen LogP contribution < -0.4 is 0 Å². The molecule has 61 heavy (non-hydrogen) atoms. The van der Waals surface area contributed by atoms with Crippen molar-refractivity contribution in [3.05, 3.63) is 12.2 Å². The van der Waals surface area contributed by atoms with Gasteiger partial charge in [0, 0.05) is 12.8 Å². The molecule has 358 valence electrons. The molecule has 0 bridgehead atoms. The normalized spacial score (nSPS) is 27.4. The molecule has 11 atom stereocenters. The van der Waals surface area contributed by atoms with E-state index in [1.165, 1.54) is 77.0 Å². The van der Waals surface area contributed by atoms with Gasteiger partial charge in [-0.2, -0.15) is 0 Å². The van der Waals surface area contributed by atoms with Crippen LogP contribution in [0, 0.1) is 0 Å². The lowest BCUT2D eigenvalue weighted by molar-refractivity contribution is -0.332. The summed E-state index contributed by atoms with van der Waals surface area (Å²) in [4.78, 5) is 25.6. The Bertz CT molecular complexity index is 1120. The zero-order valence-electron chi connectivity index (χ0n) is 37.4. The van der Waals surface area contributed by atoms with Crippen molar-refractivity contribution >= 4 is 11.9 Å². The lowest BCUT2D eigenvalue weighted by atomic mass is 9.98. The van der Waals surface area contributed by atoms with Gasteiger partial charge in [0.05, 0.1) is 19.8 Å². The maximum Gasteiger partial charge on any atom is 0.306 e. The number of aliphatic hydroxyl groups is 7. The van der Waals surface area contributed by atoms with E-state index < -0.39 is 92.7 Å². The highest BCUT2D eigenvalue weighted by Crippen LogP contribution is 2.26. The second-order valence-corrected chi connectivity index (χ2v) is 16.9. The maximum absolute atomic E-state index is 12.9. The van der Waals surface area contributed by atoms with Crippen molar-refractivity contribution in [2.75, 3.05) is 26.4 Å². The van der Waals surface area contributed by atoms with Crippen molar-refractivity contribution in [1.82, 2.24) is 0 Å². The van der Waals surface area contributed by atoms with Crippen LogP contribution in [0.2, 0.25) is 0 Å². The summed E-state index contributed by atoms with van der Waals surface area (Å²) in [7, 11) is 0. The number of hydrogen-bond donors (Lipinski definition) is 7. The van der Waals surface area contributed by atoms with Crippen LogP contribution in [0.15, 0.2) is 12.2 Å². The summed E-state index contributed by atoms with van der Waals surface area (Å²) in [5.41, 5.74) is 0. The number of esters is 2. The van der Waals surface area contributed by atoms with Crippen molar-refractivity contribution in [2.45, 2.75) is 242 Å². The quantitative estimate of drug-likeness (QED) is 0.0236. The number of rotatable bonds is 36. The molecule has 0 spiro atoms. The largest absolute Gasteiger partial charge is 0.462 e. The van der Waals surface area contributed by atoms with Crippen LogP contribution in [0.4, 0.5) is 0 Å². The number of carbonyl (C=O) groups excluding carboxylic acids is 2. The lowest BCUT2D eigenvalue weighted by Crippen LogP contribution is -2.61. The first-order valence-electron chi connectivity index (χ1n) is 23.8. The van der Waals surface area contributed by atoms with Gasteiger partial charge in [0.25, 0.3) is 0 Å². The fourth-order valence-electron chi connectivity index (χ4n) is 7.50. The van der Waals surface area contributed by atoms with Crippen molar-refractivity contribution in [2.24, 2.45) is 0 Å². The van der Waals surface area contributed by atoms with E-state index in [4.69, 9.17) is 28.4 Å². The Labute approximate surface area is 365 Å². The van der Waals surface area contributed by atoms with E-state index in [0.717, 1.165) is 57.8 Å². The molecule has 2 aliphatic heterocycles. The molecule has 0 amide bonds. The van der Waals surface area contributed by atoms with Gasteiger partial charge in [-0.1, -0.05) is 135 Å². The standard InChI is InChI=1S/C46H84O15/c1-3-5-7-9-11-13-15-16-17-18-19-21-23-25-27-29-38(49)59-34(31-56-37(48)28-26-24-22-20-14-12-10-8-6-4-2)32-57-45-44(55)42(53)40(51)36(61-45)33-58-46-43(54)41(52)39(50)35(30-47)60-46/h16-17,34-36,39-47,50-55H,3-15,18-33H2,1-2H3/b17-16+/t34-,35-,36-,39+,40+,41?,42?,43?,44?,45-,46-/m1/s1. The van der Waals surface area contributed by atoms with Gasteiger partial charge in [0.2, 0.25) is 0 Å². The van der Waals surface area contributed by atoms with Crippen LogP contribution in [0.5, 0.6) is 0 Å². The highest BCUT2D eigenvalue weighted by atomic mass is 16.7. The smallest absolute Gasteiger partial charge is 0.306 e. The fraction of sp³-hybridized carbons (Fsp3) is 0.913. The SMILES string of the molecule is CCCCCCCC/C=C/CCCCCCCC(=O)O[C@H](COC(=O)CCCCCCCCCCCC)CO[C@@H]1O[C@H](CO[C@@H]2O[C@H](CO)[C@H](O)C(O)C2O)[C@H](O)C(O)C1O. The van der Waals surface area contributed by atoms with Gasteiger partial charge in [-0.15, -0.1) is 0 Å². The van der Waals surface area contributed by atoms with E-state index in [0.29, 0.717) is 12.8 Å². The number of carbonyl (C=O) groups is 2. The van der Waals surface area contributed by atoms with Gasteiger partial charge < -0.3 is 64.2 Å². The summed E-state index contributed by atoms with van der Waals surface area (Å²) in [5, 5.41) is 71.9. The van der Waals surface area contributed by atoms with Gasteiger partial charge in [0.1, 0.15) is 55.4 Å². The van der Waals surface area contributed by atoms with Crippen LogP contribution in [0.1, 0.15) is 174 Å². The van der Waals surface area contributed by atoms with Crippen LogP contribution in [-0.4, -0.2) is 142 Å². The predicted octanol–water partition coefficient (Wildman–Crippen LogP) is 5.43. The highest BCUT2D eigenvalue weighted by molar-refractivity contribution is 5.70. The minimum atomic E-state index is -1.76. The summed E-state index contributed by atoms with van der Waals surface area (Å²) in [6.45, 7) is 2.55. The Balaban J connectivity index is 1.84. The average molecular weight is 877 g/mol. The van der Waals surface area contributed by atoms with Crippen LogP contribution in [0.3, 0.4) is 0 Å². The molecule has 0 aliphatic carbocycles. The van der Waals surface area contributed by atoms with E-state index in [-0.39, 0.29) is 26.1 Å². The van der Waals surface area contributed by atoms with Crippen molar-refractivity contribution < 1.29 is 73.8 Å². The van der Waals surface area contributed by atoms with Crippen LogP contribution in [0.25, 0.3) is 0 Å². The molecule has 2 heterocycles. The zero-order chi connectivity index (χ0) is 44.7. The molecule has 0 saturated carbocycles. The van der Waals surface area contributed by atoms with Gasteiger partial charge in [0.15, 0.2) is 18.7 Å². The summed E-state index contributed by atoms with van der Waals surface area (Å²) < 4.78 is 33.5. The van der Waals surface area contributed by atoms with E-state index in [1.807, 2.05) is 0 Å². The lowest BCUT2D eigenvalue weighted by Gasteiger charge is -2.42. The van der Waals surface area contributed by atoms with Crippen LogP contribution in [-0.2, 0) is 38.0 Å². The molecule has 15 nitrogen and oxygen atoms in total. The molecule has 2 fully saturated rings.